The second kappa shape index (κ2) is 11.0. The molecule has 1 fully saturated rings. The highest BCUT2D eigenvalue weighted by Gasteiger charge is 2.47. The van der Waals surface area contributed by atoms with Crippen LogP contribution in [0.25, 0.3) is 0 Å². The maximum atomic E-state index is 13.6. The smallest absolute Gasteiger partial charge is 0.308 e. The van der Waals surface area contributed by atoms with E-state index in [4.69, 9.17) is 18.9 Å². The third-order valence-electron chi connectivity index (χ3n) is 5.35. The third-order valence-corrected chi connectivity index (χ3v) is 7.24. The highest BCUT2D eigenvalue weighted by atomic mass is 32.2. The van der Waals surface area contributed by atoms with E-state index in [2.05, 4.69) is 0 Å². The first kappa shape index (κ1) is 26.3. The molecule has 1 aliphatic heterocycles. The number of anilines is 1. The molecule has 0 N–H and O–H groups in total. The molecule has 35 heavy (non-hydrogen) atoms. The van der Waals surface area contributed by atoms with Crippen molar-refractivity contribution < 1.29 is 41.7 Å². The summed E-state index contributed by atoms with van der Waals surface area (Å²) in [6.45, 7) is 0.918. The molecule has 2 aromatic carbocycles. The first-order chi connectivity index (χ1) is 16.6. The van der Waals surface area contributed by atoms with E-state index in [0.717, 1.165) is 9.21 Å². The molecule has 188 valence electrons. The highest BCUT2D eigenvalue weighted by molar-refractivity contribution is 7.89. The van der Waals surface area contributed by atoms with Crippen LogP contribution in [0.3, 0.4) is 0 Å². The topological polar surface area (TPSA) is 129 Å². The second-order valence-corrected chi connectivity index (χ2v) is 9.42. The van der Waals surface area contributed by atoms with E-state index in [1.807, 2.05) is 0 Å². The average Bonchev–Trinajstić information content (AvgIpc) is 3.13. The molecule has 0 radical (unpaired) electrons. The van der Waals surface area contributed by atoms with Crippen molar-refractivity contribution in [3.63, 3.8) is 0 Å². The van der Waals surface area contributed by atoms with Gasteiger partial charge in [0.15, 0.2) is 6.29 Å². The van der Waals surface area contributed by atoms with E-state index >= 15 is 0 Å². The Balaban J connectivity index is 1.96. The Morgan fingerprint density at radius 1 is 1.00 bits per heavy atom. The van der Waals surface area contributed by atoms with Crippen molar-refractivity contribution in [2.75, 3.05) is 32.8 Å². The van der Waals surface area contributed by atoms with Crippen LogP contribution in [0.4, 0.5) is 5.69 Å². The number of carbonyl (C=O) groups is 3. The number of benzene rings is 2. The first-order valence-electron chi connectivity index (χ1n) is 10.5. The van der Waals surface area contributed by atoms with Crippen LogP contribution in [0.5, 0.6) is 11.5 Å². The van der Waals surface area contributed by atoms with Gasteiger partial charge in [0.1, 0.15) is 17.5 Å². The lowest BCUT2D eigenvalue weighted by molar-refractivity contribution is -0.132. The molecular weight excluding hydrogens is 480 g/mol. The van der Waals surface area contributed by atoms with Gasteiger partial charge in [-0.1, -0.05) is 0 Å². The fourth-order valence-corrected chi connectivity index (χ4v) is 5.18. The average molecular weight is 507 g/mol. The zero-order valence-corrected chi connectivity index (χ0v) is 20.5. The summed E-state index contributed by atoms with van der Waals surface area (Å²) in [5.74, 6) is -1.13. The quantitative estimate of drug-likeness (QED) is 0.204. The summed E-state index contributed by atoms with van der Waals surface area (Å²) in [4.78, 5) is 38.2. The number of carbonyl (C=O) groups excluding carboxylic acids is 3. The minimum Gasteiger partial charge on any atom is -0.497 e. The SMILES string of the molecule is COc1ccc(S(=O)(=O)N(CC(OC)OC)C2CC(=O)N(c3ccc(OC(C)=O)cc3)C2=O)cc1. The molecule has 1 saturated heterocycles. The van der Waals surface area contributed by atoms with Gasteiger partial charge in [-0.25, -0.2) is 13.3 Å². The summed E-state index contributed by atoms with van der Waals surface area (Å²) in [5.41, 5.74) is 0.218. The molecule has 11 nitrogen and oxygen atoms in total. The molecule has 1 heterocycles. The van der Waals surface area contributed by atoms with Crippen molar-refractivity contribution in [3.05, 3.63) is 48.5 Å². The number of nitrogens with zero attached hydrogens (tertiary/aromatic N) is 2. The fraction of sp³-hybridized carbons (Fsp3) is 0.348. The summed E-state index contributed by atoms with van der Waals surface area (Å²) in [6, 6.07) is 10.1. The summed E-state index contributed by atoms with van der Waals surface area (Å²) in [5, 5.41) is 0. The van der Waals surface area contributed by atoms with Crippen molar-refractivity contribution in [2.24, 2.45) is 0 Å². The lowest BCUT2D eigenvalue weighted by Gasteiger charge is -2.29. The predicted molar refractivity (Wildman–Crippen MR) is 123 cm³/mol. The van der Waals surface area contributed by atoms with Gasteiger partial charge in [-0.15, -0.1) is 0 Å². The van der Waals surface area contributed by atoms with Crippen molar-refractivity contribution >= 4 is 33.5 Å². The second-order valence-electron chi connectivity index (χ2n) is 7.53. The molecule has 12 heteroatoms. The number of sulfonamides is 1. The molecule has 0 saturated carbocycles. The molecular formula is C23H26N2O9S. The zero-order chi connectivity index (χ0) is 25.8. The van der Waals surface area contributed by atoms with Crippen LogP contribution >= 0.6 is 0 Å². The number of amides is 2. The zero-order valence-electron chi connectivity index (χ0n) is 19.7. The minimum atomic E-state index is -4.25. The number of esters is 1. The molecule has 0 bridgehead atoms. The van der Waals surface area contributed by atoms with Gasteiger partial charge >= 0.3 is 5.97 Å². The fourth-order valence-electron chi connectivity index (χ4n) is 3.61. The molecule has 3 rings (SSSR count). The van der Waals surface area contributed by atoms with Crippen molar-refractivity contribution in [1.29, 1.82) is 0 Å². The lowest BCUT2D eigenvalue weighted by atomic mass is 10.2. The van der Waals surface area contributed by atoms with Gasteiger partial charge in [0.05, 0.1) is 30.7 Å². The maximum absolute atomic E-state index is 13.6. The third kappa shape index (κ3) is 5.68. The molecule has 2 aromatic rings. The van der Waals surface area contributed by atoms with E-state index in [-0.39, 0.29) is 29.3 Å². The molecule has 0 aliphatic carbocycles. The summed E-state index contributed by atoms with van der Waals surface area (Å²) in [7, 11) is -0.118. The van der Waals surface area contributed by atoms with Gasteiger partial charge in [0, 0.05) is 21.1 Å². The Labute approximate surface area is 203 Å². The molecule has 1 unspecified atom stereocenters. The Morgan fingerprint density at radius 2 is 1.57 bits per heavy atom. The summed E-state index contributed by atoms with van der Waals surface area (Å²) >= 11 is 0. The van der Waals surface area contributed by atoms with Crippen molar-refractivity contribution in [1.82, 2.24) is 4.31 Å². The van der Waals surface area contributed by atoms with Crippen molar-refractivity contribution in [2.45, 2.75) is 30.6 Å². The Bertz CT molecular complexity index is 1180. The van der Waals surface area contributed by atoms with Gasteiger partial charge < -0.3 is 18.9 Å². The van der Waals surface area contributed by atoms with E-state index in [1.54, 1.807) is 0 Å². The van der Waals surface area contributed by atoms with Gasteiger partial charge in [-0.3, -0.25) is 14.4 Å². The monoisotopic (exact) mass is 506 g/mol. The Kier molecular flexibility index (Phi) is 8.22. The van der Waals surface area contributed by atoms with Crippen LogP contribution in [0.15, 0.2) is 53.4 Å². The van der Waals surface area contributed by atoms with E-state index in [9.17, 15) is 22.8 Å². The largest absolute Gasteiger partial charge is 0.497 e. The molecule has 1 aliphatic rings. The normalized spacial score (nSPS) is 16.3. The predicted octanol–water partition coefficient (Wildman–Crippen LogP) is 1.56. The lowest BCUT2D eigenvalue weighted by Crippen LogP contribution is -2.49. The van der Waals surface area contributed by atoms with Gasteiger partial charge in [0.2, 0.25) is 15.9 Å². The van der Waals surface area contributed by atoms with Crippen LogP contribution in [0.2, 0.25) is 0 Å². The van der Waals surface area contributed by atoms with Crippen LogP contribution in [-0.2, 0) is 33.9 Å². The van der Waals surface area contributed by atoms with Gasteiger partial charge in [-0.05, 0) is 48.5 Å². The number of rotatable bonds is 10. The number of methoxy groups -OCH3 is 3. The van der Waals surface area contributed by atoms with E-state index in [1.165, 1.54) is 76.8 Å². The van der Waals surface area contributed by atoms with Crippen molar-refractivity contribution in [3.8, 4) is 11.5 Å². The first-order valence-corrected chi connectivity index (χ1v) is 11.9. The number of ether oxygens (including phenoxy) is 4. The van der Waals surface area contributed by atoms with E-state index in [0.29, 0.717) is 5.75 Å². The highest BCUT2D eigenvalue weighted by Crippen LogP contribution is 2.31. The molecule has 0 aromatic heterocycles. The van der Waals surface area contributed by atoms with Crippen LogP contribution < -0.4 is 14.4 Å². The number of hydrogen-bond donors (Lipinski definition) is 0. The number of imide groups is 1. The van der Waals surface area contributed by atoms with Crippen LogP contribution in [0, 0.1) is 0 Å². The van der Waals surface area contributed by atoms with Crippen LogP contribution in [0.1, 0.15) is 13.3 Å². The Hall–Kier alpha value is -3.32. The standard InChI is InChI=1S/C23H26N2O9S/c1-15(26)34-18-7-5-16(6-8-18)25-21(27)13-20(23(25)28)24(14-22(32-3)33-4)35(29,30)19-11-9-17(31-2)10-12-19/h5-12,20,22H,13-14H2,1-4H3. The summed E-state index contributed by atoms with van der Waals surface area (Å²) in [6.07, 6.45) is -1.36. The summed E-state index contributed by atoms with van der Waals surface area (Å²) < 4.78 is 48.5. The molecule has 1 atom stereocenters. The van der Waals surface area contributed by atoms with Gasteiger partial charge in [-0.2, -0.15) is 4.31 Å². The number of hydrogen-bond acceptors (Lipinski definition) is 9. The Morgan fingerprint density at radius 3 is 2.09 bits per heavy atom. The van der Waals surface area contributed by atoms with Crippen LogP contribution in [-0.4, -0.2) is 70.7 Å². The van der Waals surface area contributed by atoms with E-state index < -0.39 is 40.1 Å². The van der Waals surface area contributed by atoms with Gasteiger partial charge in [0.25, 0.3) is 5.91 Å². The minimum absolute atomic E-state index is 0.0892. The molecule has 2 amide bonds. The maximum Gasteiger partial charge on any atom is 0.308 e. The molecule has 0 spiro atoms.